The van der Waals surface area contributed by atoms with Crippen LogP contribution < -0.4 is 4.74 Å². The molecule has 21 heavy (non-hydrogen) atoms. The number of carbonyl (C=O) groups is 1. The van der Waals surface area contributed by atoms with E-state index >= 15 is 0 Å². The Hall–Kier alpha value is -1.97. The van der Waals surface area contributed by atoms with Gasteiger partial charge in [-0.2, -0.15) is 0 Å². The molecule has 0 saturated carbocycles. The fourth-order valence-electron chi connectivity index (χ4n) is 2.67. The molecule has 1 fully saturated rings. The molecule has 0 radical (unpaired) electrons. The van der Waals surface area contributed by atoms with Crippen LogP contribution in [0.25, 0.3) is 0 Å². The second-order valence-electron chi connectivity index (χ2n) is 5.31. The summed E-state index contributed by atoms with van der Waals surface area (Å²) in [6.07, 6.45) is 4.11. The zero-order valence-corrected chi connectivity index (χ0v) is 12.7. The van der Waals surface area contributed by atoms with Gasteiger partial charge in [0.05, 0.1) is 18.8 Å². The molecule has 1 aliphatic rings. The predicted molar refractivity (Wildman–Crippen MR) is 82.6 cm³/mol. The summed E-state index contributed by atoms with van der Waals surface area (Å²) in [6.45, 7) is 3.31. The van der Waals surface area contributed by atoms with E-state index in [9.17, 15) is 9.90 Å². The van der Waals surface area contributed by atoms with Gasteiger partial charge in [-0.25, -0.2) is 0 Å². The quantitative estimate of drug-likeness (QED) is 0.818. The van der Waals surface area contributed by atoms with Crippen molar-refractivity contribution in [3.05, 3.63) is 41.7 Å². The van der Waals surface area contributed by atoms with E-state index in [0.29, 0.717) is 18.7 Å². The van der Waals surface area contributed by atoms with Crippen molar-refractivity contribution in [2.75, 3.05) is 20.2 Å². The topological polar surface area (TPSA) is 49.8 Å². The molecule has 0 aromatic heterocycles. The van der Waals surface area contributed by atoms with Gasteiger partial charge in [0.1, 0.15) is 5.75 Å². The normalized spacial score (nSPS) is 17.1. The Balaban J connectivity index is 2.22. The average Bonchev–Trinajstić information content (AvgIpc) is 2.90. The molecule has 4 nitrogen and oxygen atoms in total. The Morgan fingerprint density at radius 1 is 1.43 bits per heavy atom. The predicted octanol–water partition coefficient (Wildman–Crippen LogP) is 3.25. The second kappa shape index (κ2) is 7.16. The third-order valence-corrected chi connectivity index (χ3v) is 3.86. The number of likely N-dealkylation sites (tertiary alicyclic amines) is 1. The highest BCUT2D eigenvalue weighted by Crippen LogP contribution is 2.27. The van der Waals surface area contributed by atoms with E-state index in [0.717, 1.165) is 30.7 Å². The van der Waals surface area contributed by atoms with Crippen molar-refractivity contribution >= 4 is 5.91 Å². The molecule has 2 rings (SSSR count). The summed E-state index contributed by atoms with van der Waals surface area (Å²) >= 11 is 0. The number of benzene rings is 1. The first kappa shape index (κ1) is 15.4. The first-order chi connectivity index (χ1) is 10.2. The van der Waals surface area contributed by atoms with Crippen LogP contribution >= 0.6 is 0 Å². The number of hydrogen-bond donors (Lipinski definition) is 1. The van der Waals surface area contributed by atoms with E-state index in [2.05, 4.69) is 0 Å². The van der Waals surface area contributed by atoms with Crippen LogP contribution in [-0.2, 0) is 4.79 Å². The van der Waals surface area contributed by atoms with Crippen molar-refractivity contribution < 1.29 is 14.6 Å². The first-order valence-electron chi connectivity index (χ1n) is 7.46. The highest BCUT2D eigenvalue weighted by molar-refractivity contribution is 5.78. The van der Waals surface area contributed by atoms with Crippen LogP contribution in [0.3, 0.4) is 0 Å². The third kappa shape index (κ3) is 3.78. The Kier molecular flexibility index (Phi) is 5.26. The van der Waals surface area contributed by atoms with E-state index < -0.39 is 0 Å². The summed E-state index contributed by atoms with van der Waals surface area (Å²) in [4.78, 5) is 13.7. The number of methoxy groups -OCH3 is 1. The van der Waals surface area contributed by atoms with Gasteiger partial charge in [0.25, 0.3) is 0 Å². The van der Waals surface area contributed by atoms with Gasteiger partial charge in [-0.05, 0) is 36.6 Å². The van der Waals surface area contributed by atoms with Crippen LogP contribution in [0, 0.1) is 0 Å². The van der Waals surface area contributed by atoms with Gasteiger partial charge in [-0.15, -0.1) is 0 Å². The molecule has 0 aliphatic carbocycles. The number of nitrogens with zero attached hydrogens (tertiary/aromatic N) is 1. The number of allylic oxidation sites excluding steroid dienone is 1. The molecule has 1 aliphatic heterocycles. The second-order valence-corrected chi connectivity index (χ2v) is 5.31. The summed E-state index contributed by atoms with van der Waals surface area (Å²) < 4.78 is 5.17. The van der Waals surface area contributed by atoms with Crippen molar-refractivity contribution in [3.63, 3.8) is 0 Å². The minimum Gasteiger partial charge on any atom is -0.512 e. The highest BCUT2D eigenvalue weighted by atomic mass is 16.5. The molecule has 4 heteroatoms. The molecular formula is C17H23NO3. The SMILES string of the molecule is CCC=C(O)[C@H](CN1CCCC1=O)c1ccc(OC)cc1. The summed E-state index contributed by atoms with van der Waals surface area (Å²) in [5.74, 6) is 1.13. The number of aliphatic hydroxyl groups is 1. The summed E-state index contributed by atoms with van der Waals surface area (Å²) in [6, 6.07) is 7.66. The third-order valence-electron chi connectivity index (χ3n) is 3.86. The average molecular weight is 289 g/mol. The van der Waals surface area contributed by atoms with Gasteiger partial charge in [-0.3, -0.25) is 4.79 Å². The van der Waals surface area contributed by atoms with Crippen LogP contribution in [0.5, 0.6) is 5.75 Å². The van der Waals surface area contributed by atoms with Crippen molar-refractivity contribution in [2.45, 2.75) is 32.1 Å². The van der Waals surface area contributed by atoms with Crippen LogP contribution in [-0.4, -0.2) is 36.1 Å². The largest absolute Gasteiger partial charge is 0.512 e. The van der Waals surface area contributed by atoms with E-state index in [1.54, 1.807) is 7.11 Å². The lowest BCUT2D eigenvalue weighted by molar-refractivity contribution is -0.127. The standard InChI is InChI=1S/C17H23NO3/c1-3-5-16(19)15(12-18-11-4-6-17(18)20)13-7-9-14(21-2)10-8-13/h5,7-10,15,19H,3-4,6,11-12H2,1-2H3/t15-/m1/s1. The van der Waals surface area contributed by atoms with Crippen LogP contribution in [0.2, 0.25) is 0 Å². The molecule has 0 spiro atoms. The zero-order valence-electron chi connectivity index (χ0n) is 12.7. The van der Waals surface area contributed by atoms with Crippen molar-refractivity contribution in [3.8, 4) is 5.75 Å². The van der Waals surface area contributed by atoms with Crippen LogP contribution in [0.15, 0.2) is 36.1 Å². The molecule has 1 aromatic rings. The fourth-order valence-corrected chi connectivity index (χ4v) is 2.67. The maximum absolute atomic E-state index is 11.8. The Morgan fingerprint density at radius 2 is 2.14 bits per heavy atom. The minimum atomic E-state index is -0.169. The lowest BCUT2D eigenvalue weighted by Gasteiger charge is -2.24. The highest BCUT2D eigenvalue weighted by Gasteiger charge is 2.26. The lowest BCUT2D eigenvalue weighted by atomic mass is 9.95. The number of aliphatic hydroxyl groups excluding tert-OH is 1. The van der Waals surface area contributed by atoms with Gasteiger partial charge in [0.2, 0.25) is 5.91 Å². The summed E-state index contributed by atoms with van der Waals surface area (Å²) in [5, 5.41) is 10.3. The molecule has 1 heterocycles. The molecule has 114 valence electrons. The molecule has 0 unspecified atom stereocenters. The van der Waals surface area contributed by atoms with E-state index in [-0.39, 0.29) is 11.8 Å². The molecule has 0 bridgehead atoms. The molecule has 1 saturated heterocycles. The number of rotatable bonds is 6. The van der Waals surface area contributed by atoms with E-state index in [4.69, 9.17) is 4.74 Å². The maximum atomic E-state index is 11.8. The van der Waals surface area contributed by atoms with Crippen molar-refractivity contribution in [2.24, 2.45) is 0 Å². The van der Waals surface area contributed by atoms with E-state index in [1.165, 1.54) is 0 Å². The monoisotopic (exact) mass is 289 g/mol. The van der Waals surface area contributed by atoms with Gasteiger partial charge in [-0.1, -0.05) is 19.1 Å². The molecule has 1 atom stereocenters. The smallest absolute Gasteiger partial charge is 0.222 e. The molecular weight excluding hydrogens is 266 g/mol. The maximum Gasteiger partial charge on any atom is 0.222 e. The molecule has 1 aromatic carbocycles. The number of amides is 1. The van der Waals surface area contributed by atoms with Gasteiger partial charge < -0.3 is 14.7 Å². The van der Waals surface area contributed by atoms with Crippen molar-refractivity contribution in [1.82, 2.24) is 4.90 Å². The van der Waals surface area contributed by atoms with Crippen molar-refractivity contribution in [1.29, 1.82) is 0 Å². The Morgan fingerprint density at radius 3 is 2.67 bits per heavy atom. The summed E-state index contributed by atoms with van der Waals surface area (Å²) in [7, 11) is 1.63. The number of ether oxygens (including phenoxy) is 1. The zero-order chi connectivity index (χ0) is 15.2. The first-order valence-corrected chi connectivity index (χ1v) is 7.46. The van der Waals surface area contributed by atoms with Gasteiger partial charge >= 0.3 is 0 Å². The molecule has 1 N–H and O–H groups in total. The molecule has 1 amide bonds. The summed E-state index contributed by atoms with van der Waals surface area (Å²) in [5.41, 5.74) is 0.998. The minimum absolute atomic E-state index is 0.169. The van der Waals surface area contributed by atoms with Gasteiger partial charge in [0.15, 0.2) is 0 Å². The van der Waals surface area contributed by atoms with Crippen LogP contribution in [0.1, 0.15) is 37.7 Å². The van der Waals surface area contributed by atoms with Gasteiger partial charge in [0, 0.05) is 19.5 Å². The number of carbonyl (C=O) groups excluding carboxylic acids is 1. The van der Waals surface area contributed by atoms with Crippen LogP contribution in [0.4, 0.5) is 0 Å². The van der Waals surface area contributed by atoms with E-state index in [1.807, 2.05) is 42.2 Å². The number of hydrogen-bond acceptors (Lipinski definition) is 3. The fraction of sp³-hybridized carbons (Fsp3) is 0.471. The Bertz CT molecular complexity index is 507. The Labute approximate surface area is 126 Å². The lowest BCUT2D eigenvalue weighted by Crippen LogP contribution is -2.30.